The number of hydrogen-bond acceptors (Lipinski definition) is 2. The number of benzene rings is 2. The van der Waals surface area contributed by atoms with Crippen molar-refractivity contribution in [2.24, 2.45) is 0 Å². The Bertz CT molecular complexity index is 1020. The van der Waals surface area contributed by atoms with E-state index in [1.165, 1.54) is 44.6 Å². The molecule has 3 aromatic rings. The molecule has 1 N–H and O–H groups in total. The number of aromatic nitrogens is 2. The van der Waals surface area contributed by atoms with E-state index in [-0.39, 0.29) is 35.9 Å². The summed E-state index contributed by atoms with van der Waals surface area (Å²) in [4.78, 5) is -0.0457. The molecule has 1 aromatic heterocycles. The Labute approximate surface area is 204 Å². The number of unbranched alkanes of at least 4 members (excludes halogenated alkanes) is 5. The summed E-state index contributed by atoms with van der Waals surface area (Å²) in [5, 5.41) is 1.33. The van der Waals surface area contributed by atoms with Crippen molar-refractivity contribution in [2.75, 3.05) is 0 Å². The van der Waals surface area contributed by atoms with Gasteiger partial charge in [-0.2, -0.15) is 8.42 Å². The molecule has 0 saturated carbocycles. The number of nitrogens with zero attached hydrogens (tertiary/aromatic N) is 2. The van der Waals surface area contributed by atoms with Gasteiger partial charge in [0.25, 0.3) is 10.1 Å². The molecule has 0 bridgehead atoms. The first-order valence-corrected chi connectivity index (χ1v) is 11.5. The number of imidazole rings is 1. The Morgan fingerprint density at radius 2 is 1.73 bits per heavy atom. The van der Waals surface area contributed by atoms with Gasteiger partial charge in [-0.1, -0.05) is 75.6 Å². The number of aryl methyl sites for hydroxylation is 1. The maximum Gasteiger partial charge on any atom is 1.00 e. The molecule has 0 atom stereocenters. The van der Waals surface area contributed by atoms with Crippen LogP contribution in [0.3, 0.4) is 0 Å². The third-order valence-electron chi connectivity index (χ3n) is 4.72. The monoisotopic (exact) mass is 439 g/mol. The molecule has 0 spiro atoms. The van der Waals surface area contributed by atoms with Crippen molar-refractivity contribution in [3.05, 3.63) is 67.8 Å². The van der Waals surface area contributed by atoms with Crippen molar-refractivity contribution in [3.8, 4) is 0 Å². The molecule has 0 aliphatic carbocycles. The molecule has 0 fully saturated rings. The first-order chi connectivity index (χ1) is 14.0. The van der Waals surface area contributed by atoms with E-state index >= 15 is 0 Å². The van der Waals surface area contributed by atoms with Crippen molar-refractivity contribution >= 4 is 27.1 Å². The zero-order chi connectivity index (χ0) is 21.1. The smallest absolute Gasteiger partial charge is 1.00 e. The summed E-state index contributed by atoms with van der Waals surface area (Å²) < 4.78 is 35.2. The molecule has 5 nitrogen and oxygen atoms in total. The summed E-state index contributed by atoms with van der Waals surface area (Å²) in [7, 11) is -4.13. The fourth-order valence-electron chi connectivity index (χ4n) is 3.15. The zero-order valence-electron chi connectivity index (χ0n) is 19.1. The van der Waals surface area contributed by atoms with Crippen molar-refractivity contribution in [1.29, 1.82) is 0 Å². The molecule has 2 aromatic carbocycles. The van der Waals surface area contributed by atoms with E-state index in [4.69, 9.17) is 4.55 Å². The van der Waals surface area contributed by atoms with E-state index in [2.05, 4.69) is 30.6 Å². The van der Waals surface area contributed by atoms with Gasteiger partial charge in [0.1, 0.15) is 17.3 Å². The predicted molar refractivity (Wildman–Crippen MR) is 119 cm³/mol. The van der Waals surface area contributed by atoms with E-state index in [1.54, 1.807) is 30.3 Å². The van der Waals surface area contributed by atoms with Gasteiger partial charge in [-0.3, -0.25) is 4.55 Å². The van der Waals surface area contributed by atoms with Crippen LogP contribution in [0.4, 0.5) is 0 Å². The minimum absolute atomic E-state index is 0. The largest absolute Gasteiger partial charge is 1.00 e. The van der Waals surface area contributed by atoms with Gasteiger partial charge >= 0.3 is 29.6 Å². The van der Waals surface area contributed by atoms with Crippen molar-refractivity contribution in [3.63, 3.8) is 0 Å². The Balaban J connectivity index is 0.000000546. The van der Waals surface area contributed by atoms with E-state index in [0.717, 1.165) is 11.9 Å². The van der Waals surface area contributed by atoms with Gasteiger partial charge in [-0.25, -0.2) is 9.13 Å². The van der Waals surface area contributed by atoms with E-state index in [1.807, 2.05) is 23.0 Å². The molecular formula is C23H32N2NaO3S+. The third kappa shape index (κ3) is 8.74. The van der Waals surface area contributed by atoms with Crippen molar-refractivity contribution < 1.29 is 48.5 Å². The van der Waals surface area contributed by atoms with Crippen LogP contribution in [0.1, 0.15) is 46.9 Å². The van der Waals surface area contributed by atoms with Gasteiger partial charge < -0.3 is 1.43 Å². The van der Waals surface area contributed by atoms with Gasteiger partial charge in [0, 0.05) is 5.39 Å². The maximum absolute atomic E-state index is 11.0. The first kappa shape index (κ1) is 26.6. The number of rotatable bonds is 9. The predicted octanol–water partition coefficient (Wildman–Crippen LogP) is 2.44. The molecule has 0 radical (unpaired) electrons. The van der Waals surface area contributed by atoms with Crippen LogP contribution < -0.4 is 34.1 Å². The molecule has 0 saturated heterocycles. The van der Waals surface area contributed by atoms with Crippen LogP contribution in [0.2, 0.25) is 0 Å². The second-order valence-electron chi connectivity index (χ2n) is 7.00. The average Bonchev–Trinajstić information content (AvgIpc) is 3.18. The second kappa shape index (κ2) is 13.8. The van der Waals surface area contributed by atoms with Crippen LogP contribution in [0, 0.1) is 0 Å². The Kier molecular flexibility index (Phi) is 12.2. The Hall–Kier alpha value is -1.44. The molecule has 7 heteroatoms. The summed E-state index contributed by atoms with van der Waals surface area (Å²) in [6, 6.07) is 11.8. The summed E-state index contributed by atoms with van der Waals surface area (Å²) >= 11 is 0. The van der Waals surface area contributed by atoms with Crippen molar-refractivity contribution in [2.45, 2.75) is 56.9 Å². The molecule has 158 valence electrons. The third-order valence-corrected chi connectivity index (χ3v) is 5.63. The van der Waals surface area contributed by atoms with Crippen LogP contribution in [-0.2, 0) is 16.7 Å². The Morgan fingerprint density at radius 3 is 2.40 bits per heavy atom. The molecule has 30 heavy (non-hydrogen) atoms. The van der Waals surface area contributed by atoms with Crippen LogP contribution in [-0.4, -0.2) is 17.5 Å². The molecule has 1 heterocycles. The summed E-state index contributed by atoms with van der Waals surface area (Å²) in [5.74, 6) is 0. The van der Waals surface area contributed by atoms with E-state index in [9.17, 15) is 8.42 Å². The van der Waals surface area contributed by atoms with Gasteiger partial charge in [-0.05, 0) is 24.3 Å². The van der Waals surface area contributed by atoms with Gasteiger partial charge in [0.05, 0.1) is 12.7 Å². The van der Waals surface area contributed by atoms with Crippen LogP contribution in [0.15, 0.2) is 72.7 Å². The molecule has 0 aliphatic heterocycles. The van der Waals surface area contributed by atoms with Crippen LogP contribution >= 0.6 is 0 Å². The normalized spacial score (nSPS) is 10.7. The van der Waals surface area contributed by atoms with Gasteiger partial charge in [0.15, 0.2) is 0 Å². The Morgan fingerprint density at radius 1 is 1.07 bits per heavy atom. The molecule has 0 amide bonds. The van der Waals surface area contributed by atoms with Gasteiger partial charge in [0.2, 0.25) is 6.33 Å². The van der Waals surface area contributed by atoms with Crippen LogP contribution in [0.25, 0.3) is 17.0 Å². The molecular weight excluding hydrogens is 407 g/mol. The summed E-state index contributed by atoms with van der Waals surface area (Å²) in [6.45, 7) is 7.11. The molecule has 0 aliphatic rings. The summed E-state index contributed by atoms with van der Waals surface area (Å²) in [6.07, 6.45) is 16.2. The van der Waals surface area contributed by atoms with Crippen LogP contribution in [0.5, 0.6) is 0 Å². The van der Waals surface area contributed by atoms with Crippen molar-refractivity contribution in [1.82, 2.24) is 4.57 Å². The zero-order valence-corrected chi connectivity index (χ0v) is 20.9. The SMILES string of the molecule is C=Cn1cc[n+](CCCCCCCC)c1.O=S(=O)(O)c1cccc2ccccc12.[H-].[Na+]. The first-order valence-electron chi connectivity index (χ1n) is 10.1. The number of hydrogen-bond donors (Lipinski definition) is 1. The fourth-order valence-corrected chi connectivity index (χ4v) is 3.86. The standard InChI is InChI=1S/C13H23N2.C10H8O3S.Na.H/c1-3-5-6-7-8-9-10-15-12-11-14(4-2)13-15;11-14(12,13)10-7-3-5-8-4-1-2-6-9(8)10;;/h4,11-13H,2-3,5-10H2,1H3;1-7H,(H,11,12,13);;/q+1;;+1;-1. The molecule has 0 unspecified atom stereocenters. The molecule has 3 rings (SSSR count). The maximum atomic E-state index is 11.0. The van der Waals surface area contributed by atoms with E-state index in [0.29, 0.717) is 5.39 Å². The number of fused-ring (bicyclic) bond motifs is 1. The summed E-state index contributed by atoms with van der Waals surface area (Å²) in [5.41, 5.74) is 0. The fraction of sp³-hybridized carbons (Fsp3) is 0.348. The quantitative estimate of drug-likeness (QED) is 0.241. The average molecular weight is 440 g/mol. The van der Waals surface area contributed by atoms with E-state index < -0.39 is 10.1 Å². The van der Waals surface area contributed by atoms with Gasteiger partial charge in [-0.15, -0.1) is 0 Å². The topological polar surface area (TPSA) is 63.2 Å². The second-order valence-corrected chi connectivity index (χ2v) is 8.39. The minimum atomic E-state index is -4.13. The minimum Gasteiger partial charge on any atom is -1.00 e.